The Bertz CT molecular complexity index is 1090. The van der Waals surface area contributed by atoms with E-state index in [2.05, 4.69) is 24.4 Å². The van der Waals surface area contributed by atoms with Crippen molar-refractivity contribution in [3.8, 4) is 11.8 Å². The lowest BCUT2D eigenvalue weighted by atomic mass is 10.1. The highest BCUT2D eigenvalue weighted by atomic mass is 16.5. The number of anilines is 1. The van der Waals surface area contributed by atoms with Crippen molar-refractivity contribution in [2.45, 2.75) is 26.9 Å². The Hall–Kier alpha value is -3.84. The molecule has 150 valence electrons. The molecule has 0 aromatic heterocycles. The molecule has 0 aliphatic heterocycles. The van der Waals surface area contributed by atoms with Crippen molar-refractivity contribution in [3.63, 3.8) is 0 Å². The topological polar surface area (TPSA) is 62.1 Å². The average molecular weight is 396 g/mol. The fourth-order valence-corrected chi connectivity index (χ4v) is 3.08. The number of hydrogen-bond donors (Lipinski definition) is 1. The highest BCUT2D eigenvalue weighted by molar-refractivity contribution is 6.09. The lowest BCUT2D eigenvalue weighted by Gasteiger charge is -2.09. The summed E-state index contributed by atoms with van der Waals surface area (Å²) < 4.78 is 5.82. The number of nitrogens with zero attached hydrogens (tertiary/aromatic N) is 1. The first-order valence-corrected chi connectivity index (χ1v) is 9.88. The molecule has 1 N–H and O–H groups in total. The number of ether oxygens (including phenoxy) is 1. The van der Waals surface area contributed by atoms with Crippen molar-refractivity contribution in [2.75, 3.05) is 5.32 Å². The van der Waals surface area contributed by atoms with Gasteiger partial charge in [0.25, 0.3) is 5.91 Å². The van der Waals surface area contributed by atoms with Crippen LogP contribution in [-0.2, 0) is 17.8 Å². The van der Waals surface area contributed by atoms with Crippen LogP contribution in [0.4, 0.5) is 5.69 Å². The van der Waals surface area contributed by atoms with Gasteiger partial charge in [-0.15, -0.1) is 0 Å². The maximum Gasteiger partial charge on any atom is 0.266 e. The van der Waals surface area contributed by atoms with E-state index in [0.717, 1.165) is 34.5 Å². The quantitative estimate of drug-likeness (QED) is 0.413. The number of amides is 1. The van der Waals surface area contributed by atoms with E-state index in [9.17, 15) is 10.1 Å². The summed E-state index contributed by atoms with van der Waals surface area (Å²) in [6, 6.07) is 25.1. The summed E-state index contributed by atoms with van der Waals surface area (Å²) in [5.74, 6) is 0.312. The van der Waals surface area contributed by atoms with Crippen molar-refractivity contribution in [1.82, 2.24) is 0 Å². The van der Waals surface area contributed by atoms with Gasteiger partial charge in [-0.1, -0.05) is 67.1 Å². The molecule has 1 amide bonds. The predicted octanol–water partition coefficient (Wildman–Crippen LogP) is 5.68. The van der Waals surface area contributed by atoms with Crippen molar-refractivity contribution >= 4 is 17.7 Å². The summed E-state index contributed by atoms with van der Waals surface area (Å²) in [6.45, 7) is 4.56. The van der Waals surface area contributed by atoms with Gasteiger partial charge in [0, 0.05) is 5.69 Å². The summed E-state index contributed by atoms with van der Waals surface area (Å²) in [7, 11) is 0. The monoisotopic (exact) mass is 396 g/mol. The highest BCUT2D eigenvalue weighted by Gasteiger charge is 2.11. The molecule has 3 rings (SSSR count). The van der Waals surface area contributed by atoms with E-state index in [1.807, 2.05) is 73.7 Å². The second-order valence-electron chi connectivity index (χ2n) is 6.98. The Morgan fingerprint density at radius 3 is 2.53 bits per heavy atom. The highest BCUT2D eigenvalue weighted by Crippen LogP contribution is 2.19. The van der Waals surface area contributed by atoms with Crippen LogP contribution in [0.1, 0.15) is 29.2 Å². The molecule has 0 bridgehead atoms. The van der Waals surface area contributed by atoms with E-state index in [1.54, 1.807) is 6.08 Å². The maximum absolute atomic E-state index is 12.5. The number of aryl methyl sites for hydroxylation is 2. The molecule has 4 heteroatoms. The molecule has 0 spiro atoms. The minimum Gasteiger partial charge on any atom is -0.489 e. The molecule has 0 atom stereocenters. The minimum absolute atomic E-state index is 0.0503. The second kappa shape index (κ2) is 10.1. The minimum atomic E-state index is -0.418. The van der Waals surface area contributed by atoms with Crippen molar-refractivity contribution in [3.05, 3.63) is 101 Å². The van der Waals surface area contributed by atoms with Crippen LogP contribution in [0.2, 0.25) is 0 Å². The summed E-state index contributed by atoms with van der Waals surface area (Å²) in [5, 5.41) is 12.3. The van der Waals surface area contributed by atoms with Gasteiger partial charge in [-0.3, -0.25) is 4.79 Å². The molecule has 0 aliphatic carbocycles. The van der Waals surface area contributed by atoms with Gasteiger partial charge < -0.3 is 10.1 Å². The number of carbonyl (C=O) groups excluding carboxylic acids is 1. The number of para-hydroxylation sites is 1. The lowest BCUT2D eigenvalue weighted by Crippen LogP contribution is -2.14. The van der Waals surface area contributed by atoms with Crippen molar-refractivity contribution in [2.24, 2.45) is 0 Å². The smallest absolute Gasteiger partial charge is 0.266 e. The van der Waals surface area contributed by atoms with E-state index in [1.165, 1.54) is 5.56 Å². The van der Waals surface area contributed by atoms with Gasteiger partial charge in [0.1, 0.15) is 24.0 Å². The Morgan fingerprint density at radius 2 is 1.83 bits per heavy atom. The van der Waals surface area contributed by atoms with Gasteiger partial charge in [-0.05, 0) is 54.3 Å². The fraction of sp³-hybridized carbons (Fsp3) is 0.154. The van der Waals surface area contributed by atoms with E-state index in [4.69, 9.17) is 4.74 Å². The van der Waals surface area contributed by atoms with Crippen LogP contribution in [0.15, 0.2) is 78.4 Å². The Balaban J connectivity index is 1.66. The summed E-state index contributed by atoms with van der Waals surface area (Å²) in [6.07, 6.45) is 2.38. The van der Waals surface area contributed by atoms with Gasteiger partial charge in [0.05, 0.1) is 0 Å². The van der Waals surface area contributed by atoms with Crippen LogP contribution in [-0.4, -0.2) is 5.91 Å². The standard InChI is InChI=1S/C26H24N2O2/c1-3-22-9-4-5-10-25(22)28-26(29)23(17-27)16-20-11-13-24(14-12-20)30-18-21-8-6-7-19(2)15-21/h4-16H,3,18H2,1-2H3,(H,28,29)/b23-16+. The third kappa shape index (κ3) is 5.59. The average Bonchev–Trinajstić information content (AvgIpc) is 2.77. The van der Waals surface area contributed by atoms with Crippen LogP contribution in [0, 0.1) is 18.3 Å². The number of nitriles is 1. The van der Waals surface area contributed by atoms with Crippen molar-refractivity contribution in [1.29, 1.82) is 5.26 Å². The first-order valence-electron chi connectivity index (χ1n) is 9.88. The van der Waals surface area contributed by atoms with Crippen LogP contribution < -0.4 is 10.1 Å². The number of rotatable bonds is 7. The normalized spacial score (nSPS) is 10.9. The Labute approximate surface area is 177 Å². The summed E-state index contributed by atoms with van der Waals surface area (Å²) in [5.41, 5.74) is 4.86. The third-order valence-electron chi connectivity index (χ3n) is 4.69. The van der Waals surface area contributed by atoms with E-state index >= 15 is 0 Å². The maximum atomic E-state index is 12.5. The van der Waals surface area contributed by atoms with E-state index < -0.39 is 5.91 Å². The molecule has 3 aromatic carbocycles. The summed E-state index contributed by atoms with van der Waals surface area (Å²) >= 11 is 0. The zero-order valence-corrected chi connectivity index (χ0v) is 17.2. The molecule has 0 saturated carbocycles. The second-order valence-corrected chi connectivity index (χ2v) is 6.98. The molecule has 30 heavy (non-hydrogen) atoms. The predicted molar refractivity (Wildman–Crippen MR) is 120 cm³/mol. The molecule has 0 fully saturated rings. The van der Waals surface area contributed by atoms with Crippen molar-refractivity contribution < 1.29 is 9.53 Å². The van der Waals surface area contributed by atoms with Gasteiger partial charge in [-0.25, -0.2) is 0 Å². The van der Waals surface area contributed by atoms with Gasteiger partial charge in [0.2, 0.25) is 0 Å². The molecule has 0 aliphatic rings. The summed E-state index contributed by atoms with van der Waals surface area (Å²) in [4.78, 5) is 12.5. The molecule has 0 saturated heterocycles. The number of benzene rings is 3. The van der Waals surface area contributed by atoms with Gasteiger partial charge in [0.15, 0.2) is 0 Å². The molecule has 3 aromatic rings. The first kappa shape index (κ1) is 20.9. The Morgan fingerprint density at radius 1 is 1.07 bits per heavy atom. The van der Waals surface area contributed by atoms with E-state index in [0.29, 0.717) is 6.61 Å². The van der Waals surface area contributed by atoms with E-state index in [-0.39, 0.29) is 5.57 Å². The van der Waals surface area contributed by atoms with Crippen LogP contribution in [0.5, 0.6) is 5.75 Å². The molecule has 4 nitrogen and oxygen atoms in total. The Kier molecular flexibility index (Phi) is 7.02. The SMILES string of the molecule is CCc1ccccc1NC(=O)/C(C#N)=C/c1ccc(OCc2cccc(C)c2)cc1. The molecule has 0 heterocycles. The molecular weight excluding hydrogens is 372 g/mol. The lowest BCUT2D eigenvalue weighted by molar-refractivity contribution is -0.112. The molecule has 0 unspecified atom stereocenters. The fourth-order valence-electron chi connectivity index (χ4n) is 3.08. The van der Waals surface area contributed by atoms with Crippen LogP contribution in [0.25, 0.3) is 6.08 Å². The number of hydrogen-bond acceptors (Lipinski definition) is 3. The zero-order valence-electron chi connectivity index (χ0n) is 17.2. The van der Waals surface area contributed by atoms with Gasteiger partial charge >= 0.3 is 0 Å². The van der Waals surface area contributed by atoms with Crippen LogP contribution in [0.3, 0.4) is 0 Å². The number of carbonyl (C=O) groups is 1. The van der Waals surface area contributed by atoms with Gasteiger partial charge in [-0.2, -0.15) is 5.26 Å². The largest absolute Gasteiger partial charge is 0.489 e. The molecular formula is C26H24N2O2. The molecule has 0 radical (unpaired) electrons. The zero-order chi connectivity index (χ0) is 21.3. The first-order chi connectivity index (χ1) is 14.6. The van der Waals surface area contributed by atoms with Crippen LogP contribution >= 0.6 is 0 Å². The number of nitrogens with one attached hydrogen (secondary N) is 1. The third-order valence-corrected chi connectivity index (χ3v) is 4.69.